The number of benzene rings is 2. The first-order chi connectivity index (χ1) is 14.0. The zero-order chi connectivity index (χ0) is 20.5. The first kappa shape index (κ1) is 18.3. The third-order valence-electron chi connectivity index (χ3n) is 4.54. The molecule has 0 saturated heterocycles. The van der Waals surface area contributed by atoms with Gasteiger partial charge in [-0.3, -0.25) is 10.1 Å². The van der Waals surface area contributed by atoms with E-state index in [9.17, 15) is 10.1 Å². The van der Waals surface area contributed by atoms with Gasteiger partial charge in [-0.15, -0.1) is 0 Å². The summed E-state index contributed by atoms with van der Waals surface area (Å²) in [7, 11) is 4.57. The van der Waals surface area contributed by atoms with Crippen LogP contribution in [0.4, 0.5) is 17.2 Å². The van der Waals surface area contributed by atoms with E-state index in [1.165, 1.54) is 19.5 Å². The lowest BCUT2D eigenvalue weighted by Gasteiger charge is -2.08. The number of nitrogens with one attached hydrogen (secondary N) is 2. The van der Waals surface area contributed by atoms with E-state index in [0.29, 0.717) is 34.1 Å². The number of nitrogens with zero attached hydrogens (tertiary/aromatic N) is 3. The molecule has 2 heterocycles. The fourth-order valence-electron chi connectivity index (χ4n) is 3.14. The summed E-state index contributed by atoms with van der Waals surface area (Å²) < 4.78 is 15.8. The minimum atomic E-state index is -0.482. The van der Waals surface area contributed by atoms with Crippen molar-refractivity contribution in [3.05, 3.63) is 46.8 Å². The van der Waals surface area contributed by atoms with Gasteiger partial charge < -0.3 is 24.5 Å². The van der Waals surface area contributed by atoms with Gasteiger partial charge in [0.1, 0.15) is 28.8 Å². The molecule has 148 valence electrons. The Kier molecular flexibility index (Phi) is 4.51. The van der Waals surface area contributed by atoms with Crippen molar-refractivity contribution in [1.82, 2.24) is 15.0 Å². The molecule has 29 heavy (non-hydrogen) atoms. The molecule has 0 aliphatic rings. The molecule has 0 fully saturated rings. The number of H-pyrrole nitrogens is 1. The summed E-state index contributed by atoms with van der Waals surface area (Å²) in [5, 5.41) is 15.3. The van der Waals surface area contributed by atoms with Crippen LogP contribution in [0.25, 0.3) is 21.9 Å². The number of aromatic amines is 1. The summed E-state index contributed by atoms with van der Waals surface area (Å²) in [5.74, 6) is 1.93. The SMILES string of the molecule is COc1ccc(Nc2ncnc3c2[nH]c2cc(OC)c(OC)cc23)c([N+](=O)[O-])c1. The van der Waals surface area contributed by atoms with Crippen LogP contribution in [-0.2, 0) is 0 Å². The zero-order valence-electron chi connectivity index (χ0n) is 15.8. The molecule has 0 saturated carbocycles. The van der Waals surface area contributed by atoms with Gasteiger partial charge in [-0.25, -0.2) is 9.97 Å². The molecular weight excluding hydrogens is 378 g/mol. The van der Waals surface area contributed by atoms with Crippen LogP contribution in [0.1, 0.15) is 0 Å². The first-order valence-corrected chi connectivity index (χ1v) is 8.53. The van der Waals surface area contributed by atoms with Crippen LogP contribution in [0, 0.1) is 10.1 Å². The van der Waals surface area contributed by atoms with E-state index in [1.54, 1.807) is 32.4 Å². The smallest absolute Gasteiger partial charge is 0.296 e. The maximum Gasteiger partial charge on any atom is 0.296 e. The van der Waals surface area contributed by atoms with Gasteiger partial charge in [0.05, 0.1) is 37.8 Å². The summed E-state index contributed by atoms with van der Waals surface area (Å²) in [6.45, 7) is 0. The van der Waals surface area contributed by atoms with Gasteiger partial charge in [-0.1, -0.05) is 0 Å². The molecule has 2 aromatic heterocycles. The molecule has 0 spiro atoms. The highest BCUT2D eigenvalue weighted by Gasteiger charge is 2.19. The Labute approximate surface area is 164 Å². The second-order valence-electron chi connectivity index (χ2n) is 6.09. The van der Waals surface area contributed by atoms with Crippen LogP contribution < -0.4 is 19.5 Å². The van der Waals surface area contributed by atoms with Crippen molar-refractivity contribution < 1.29 is 19.1 Å². The largest absolute Gasteiger partial charge is 0.496 e. The van der Waals surface area contributed by atoms with Gasteiger partial charge in [0.15, 0.2) is 17.3 Å². The predicted molar refractivity (Wildman–Crippen MR) is 107 cm³/mol. The molecule has 0 aliphatic heterocycles. The minimum Gasteiger partial charge on any atom is -0.496 e. The van der Waals surface area contributed by atoms with Gasteiger partial charge in [-0.2, -0.15) is 0 Å². The molecule has 0 bridgehead atoms. The minimum absolute atomic E-state index is 0.129. The molecule has 0 unspecified atom stereocenters. The lowest BCUT2D eigenvalue weighted by molar-refractivity contribution is -0.384. The third kappa shape index (κ3) is 3.10. The lowest BCUT2D eigenvalue weighted by Crippen LogP contribution is -2.00. The van der Waals surface area contributed by atoms with E-state index in [2.05, 4.69) is 20.3 Å². The van der Waals surface area contributed by atoms with Gasteiger partial charge in [-0.05, 0) is 18.2 Å². The molecule has 0 aliphatic carbocycles. The van der Waals surface area contributed by atoms with Crippen LogP contribution in [0.3, 0.4) is 0 Å². The summed E-state index contributed by atoms with van der Waals surface area (Å²) >= 11 is 0. The number of rotatable bonds is 6. The maximum atomic E-state index is 11.5. The Morgan fingerprint density at radius 2 is 1.79 bits per heavy atom. The van der Waals surface area contributed by atoms with Crippen LogP contribution in [0.5, 0.6) is 17.2 Å². The van der Waals surface area contributed by atoms with Crippen LogP contribution in [0.2, 0.25) is 0 Å². The third-order valence-corrected chi connectivity index (χ3v) is 4.54. The van der Waals surface area contributed by atoms with Crippen LogP contribution in [-0.4, -0.2) is 41.2 Å². The highest BCUT2D eigenvalue weighted by molar-refractivity contribution is 6.09. The number of hydrogen-bond acceptors (Lipinski definition) is 8. The summed E-state index contributed by atoms with van der Waals surface area (Å²) in [6.07, 6.45) is 1.39. The Balaban J connectivity index is 1.86. The molecule has 0 atom stereocenters. The lowest BCUT2D eigenvalue weighted by atomic mass is 10.2. The molecule has 10 nitrogen and oxygen atoms in total. The molecule has 0 radical (unpaired) electrons. The van der Waals surface area contributed by atoms with E-state index < -0.39 is 4.92 Å². The van der Waals surface area contributed by atoms with Crippen LogP contribution in [0.15, 0.2) is 36.7 Å². The summed E-state index contributed by atoms with van der Waals surface area (Å²) in [4.78, 5) is 22.8. The summed E-state index contributed by atoms with van der Waals surface area (Å²) in [5.41, 5.74) is 2.17. The van der Waals surface area contributed by atoms with Crippen molar-refractivity contribution in [1.29, 1.82) is 0 Å². The first-order valence-electron chi connectivity index (χ1n) is 8.53. The number of methoxy groups -OCH3 is 3. The zero-order valence-corrected chi connectivity index (χ0v) is 15.8. The van der Waals surface area contributed by atoms with E-state index in [4.69, 9.17) is 14.2 Å². The fourth-order valence-corrected chi connectivity index (χ4v) is 3.14. The Morgan fingerprint density at radius 1 is 1.03 bits per heavy atom. The molecule has 0 amide bonds. The monoisotopic (exact) mass is 395 g/mol. The van der Waals surface area contributed by atoms with Gasteiger partial charge in [0.25, 0.3) is 5.69 Å². The highest BCUT2D eigenvalue weighted by atomic mass is 16.6. The summed E-state index contributed by atoms with van der Waals surface area (Å²) in [6, 6.07) is 8.17. The van der Waals surface area contributed by atoms with Crippen molar-refractivity contribution in [3.63, 3.8) is 0 Å². The van der Waals surface area contributed by atoms with Gasteiger partial charge >= 0.3 is 0 Å². The Bertz CT molecular complexity index is 1240. The van der Waals surface area contributed by atoms with E-state index >= 15 is 0 Å². The van der Waals surface area contributed by atoms with Crippen molar-refractivity contribution in [2.75, 3.05) is 26.6 Å². The highest BCUT2D eigenvalue weighted by Crippen LogP contribution is 2.37. The number of ether oxygens (including phenoxy) is 3. The normalized spacial score (nSPS) is 10.9. The average Bonchev–Trinajstić information content (AvgIpc) is 3.11. The number of anilines is 2. The van der Waals surface area contributed by atoms with E-state index in [-0.39, 0.29) is 11.4 Å². The predicted octanol–water partition coefficient (Wildman–Crippen LogP) is 3.79. The van der Waals surface area contributed by atoms with Crippen LogP contribution >= 0.6 is 0 Å². The van der Waals surface area contributed by atoms with Gasteiger partial charge in [0.2, 0.25) is 0 Å². The molecule has 2 N–H and O–H groups in total. The quantitative estimate of drug-likeness (QED) is 0.373. The Hall–Kier alpha value is -4.08. The fraction of sp³-hybridized carbons (Fsp3) is 0.158. The molecule has 4 rings (SSSR count). The second kappa shape index (κ2) is 7.15. The average molecular weight is 395 g/mol. The molecule has 2 aromatic carbocycles. The topological polar surface area (TPSA) is 124 Å². The van der Waals surface area contributed by atoms with Crippen molar-refractivity contribution in [2.45, 2.75) is 0 Å². The maximum absolute atomic E-state index is 11.5. The van der Waals surface area contributed by atoms with E-state index in [0.717, 1.165) is 10.9 Å². The van der Waals surface area contributed by atoms with Crippen molar-refractivity contribution >= 4 is 39.1 Å². The standard InChI is InChI=1S/C19H17N5O5/c1-27-10-4-5-12(14(6-10)24(25)26)23-19-18-17(20-9-21-19)11-7-15(28-2)16(29-3)8-13(11)22-18/h4-9,22H,1-3H3,(H,20,21,23). The molecule has 4 aromatic rings. The van der Waals surface area contributed by atoms with Crippen molar-refractivity contribution in [2.24, 2.45) is 0 Å². The number of aromatic nitrogens is 3. The van der Waals surface area contributed by atoms with Gasteiger partial charge in [0, 0.05) is 11.5 Å². The number of nitro benzene ring substituents is 1. The molecule has 10 heteroatoms. The number of fused-ring (bicyclic) bond motifs is 3. The van der Waals surface area contributed by atoms with Crippen molar-refractivity contribution in [3.8, 4) is 17.2 Å². The number of hydrogen-bond donors (Lipinski definition) is 2. The number of nitro groups is 1. The van der Waals surface area contributed by atoms with E-state index in [1.807, 2.05) is 6.07 Å². The Morgan fingerprint density at radius 3 is 2.48 bits per heavy atom. The second-order valence-corrected chi connectivity index (χ2v) is 6.09. The molecular formula is C19H17N5O5.